The van der Waals surface area contributed by atoms with Crippen LogP contribution in [-0.2, 0) is 11.3 Å². The number of aliphatic hydroxyl groups is 1. The number of nitrogens with zero attached hydrogens (tertiary/aromatic N) is 3. The molecule has 2 saturated heterocycles. The van der Waals surface area contributed by atoms with E-state index in [1.165, 1.54) is 12.8 Å². The molecule has 1 spiro atoms. The topological polar surface area (TPSA) is 47.0 Å². The average molecular weight is 374 g/mol. The van der Waals surface area contributed by atoms with E-state index in [9.17, 15) is 9.90 Å². The lowest BCUT2D eigenvalue weighted by Crippen LogP contribution is -2.46. The molecule has 0 saturated carbocycles. The molecule has 1 unspecified atom stereocenters. The summed E-state index contributed by atoms with van der Waals surface area (Å²) >= 11 is 0. The van der Waals surface area contributed by atoms with Gasteiger partial charge in [-0.05, 0) is 63.3 Å². The smallest absolute Gasteiger partial charge is 0.240 e. The first-order valence-electron chi connectivity index (χ1n) is 10.4. The summed E-state index contributed by atoms with van der Waals surface area (Å²) in [5.41, 5.74) is 1.41. The Morgan fingerprint density at radius 2 is 1.96 bits per heavy atom. The summed E-state index contributed by atoms with van der Waals surface area (Å²) in [6.07, 6.45) is 4.41. The van der Waals surface area contributed by atoms with Crippen LogP contribution >= 0.6 is 0 Å². The van der Waals surface area contributed by atoms with Crippen LogP contribution in [0.25, 0.3) is 0 Å². The second kappa shape index (κ2) is 9.18. The molecule has 5 nitrogen and oxygen atoms in total. The number of hydrogen-bond acceptors (Lipinski definition) is 4. The Morgan fingerprint density at radius 3 is 2.59 bits per heavy atom. The molecule has 0 radical (unpaired) electrons. The largest absolute Gasteiger partial charge is 0.395 e. The zero-order valence-electron chi connectivity index (χ0n) is 16.9. The number of benzene rings is 1. The maximum atomic E-state index is 13.5. The van der Waals surface area contributed by atoms with E-state index < -0.39 is 0 Å². The molecule has 2 heterocycles. The number of rotatable bonds is 7. The Hall–Kier alpha value is -1.43. The molecule has 2 aliphatic rings. The molecular formula is C22H35N3O2. The number of aliphatic hydroxyl groups excluding tert-OH is 1. The first-order chi connectivity index (χ1) is 13.1. The molecule has 1 N–H and O–H groups in total. The van der Waals surface area contributed by atoms with Gasteiger partial charge in [-0.25, -0.2) is 0 Å². The molecule has 5 heteroatoms. The fourth-order valence-electron chi connectivity index (χ4n) is 4.77. The summed E-state index contributed by atoms with van der Waals surface area (Å²) < 4.78 is 0. The number of carbonyl (C=O) groups is 1. The van der Waals surface area contributed by atoms with Gasteiger partial charge in [0.05, 0.1) is 12.6 Å². The van der Waals surface area contributed by atoms with E-state index >= 15 is 0 Å². The van der Waals surface area contributed by atoms with Gasteiger partial charge >= 0.3 is 0 Å². The van der Waals surface area contributed by atoms with Crippen molar-refractivity contribution in [2.24, 2.45) is 5.41 Å². The van der Waals surface area contributed by atoms with Crippen molar-refractivity contribution in [1.29, 1.82) is 0 Å². The van der Waals surface area contributed by atoms with Crippen LogP contribution in [-0.4, -0.2) is 78.1 Å². The van der Waals surface area contributed by atoms with E-state index in [0.717, 1.165) is 44.6 Å². The van der Waals surface area contributed by atoms with Crippen LogP contribution in [0.15, 0.2) is 30.3 Å². The molecule has 150 valence electrons. The van der Waals surface area contributed by atoms with Crippen molar-refractivity contribution in [2.45, 2.75) is 45.2 Å². The van der Waals surface area contributed by atoms with Crippen molar-refractivity contribution in [1.82, 2.24) is 14.7 Å². The highest BCUT2D eigenvalue weighted by atomic mass is 16.3. The van der Waals surface area contributed by atoms with Crippen molar-refractivity contribution in [3.05, 3.63) is 35.9 Å². The predicted molar refractivity (Wildman–Crippen MR) is 108 cm³/mol. The van der Waals surface area contributed by atoms with Crippen molar-refractivity contribution in [3.8, 4) is 0 Å². The quantitative estimate of drug-likeness (QED) is 0.796. The molecule has 1 aromatic rings. The van der Waals surface area contributed by atoms with Gasteiger partial charge in [0.1, 0.15) is 0 Å². The van der Waals surface area contributed by atoms with E-state index in [4.69, 9.17) is 0 Å². The SMILES string of the molecule is CCCN1CC2(CCN(C)CC2)CC1C(=O)N(CCO)Cc1ccccc1. The van der Waals surface area contributed by atoms with Gasteiger partial charge in [0.25, 0.3) is 0 Å². The second-order valence-corrected chi connectivity index (χ2v) is 8.46. The third kappa shape index (κ3) is 4.89. The summed E-state index contributed by atoms with van der Waals surface area (Å²) in [6.45, 7) is 7.46. The highest BCUT2D eigenvalue weighted by molar-refractivity contribution is 5.82. The minimum atomic E-state index is -0.0383. The van der Waals surface area contributed by atoms with Crippen LogP contribution in [0.1, 0.15) is 38.2 Å². The normalized spacial score (nSPS) is 23.0. The van der Waals surface area contributed by atoms with Crippen LogP contribution in [0.2, 0.25) is 0 Å². The van der Waals surface area contributed by atoms with Gasteiger partial charge < -0.3 is 14.9 Å². The molecule has 0 aromatic heterocycles. The highest BCUT2D eigenvalue weighted by Gasteiger charge is 2.48. The van der Waals surface area contributed by atoms with E-state index in [1.54, 1.807) is 0 Å². The Morgan fingerprint density at radius 1 is 1.26 bits per heavy atom. The number of hydrogen-bond donors (Lipinski definition) is 1. The molecule has 3 rings (SSSR count). The van der Waals surface area contributed by atoms with Gasteiger partial charge in [-0.1, -0.05) is 37.3 Å². The zero-order chi connectivity index (χ0) is 19.3. The lowest BCUT2D eigenvalue weighted by Gasteiger charge is -2.37. The predicted octanol–water partition coefficient (Wildman–Crippen LogP) is 2.20. The minimum Gasteiger partial charge on any atom is -0.395 e. The van der Waals surface area contributed by atoms with Gasteiger partial charge in [-0.15, -0.1) is 0 Å². The molecule has 1 atom stereocenters. The summed E-state index contributed by atoms with van der Waals surface area (Å²) in [6, 6.07) is 10.1. The molecule has 1 amide bonds. The minimum absolute atomic E-state index is 0.00894. The summed E-state index contributed by atoms with van der Waals surface area (Å²) in [4.78, 5) is 20.2. The zero-order valence-corrected chi connectivity index (χ0v) is 16.9. The lowest BCUT2D eigenvalue weighted by molar-refractivity contribution is -0.137. The number of piperidine rings is 1. The van der Waals surface area contributed by atoms with Crippen molar-refractivity contribution >= 4 is 5.91 Å². The standard InChI is InChI=1S/C22H35N3O2/c1-3-11-25-18-22(9-12-23(2)13-10-22)16-20(25)21(27)24(14-15-26)17-19-7-5-4-6-8-19/h4-8,20,26H,3,9-18H2,1-2H3. The van der Waals surface area contributed by atoms with Crippen LogP contribution in [0.5, 0.6) is 0 Å². The van der Waals surface area contributed by atoms with Crippen LogP contribution in [0.4, 0.5) is 0 Å². The lowest BCUT2D eigenvalue weighted by atomic mass is 9.76. The maximum absolute atomic E-state index is 13.5. The Balaban J connectivity index is 1.74. The monoisotopic (exact) mass is 373 g/mol. The first-order valence-corrected chi connectivity index (χ1v) is 10.4. The van der Waals surface area contributed by atoms with E-state index in [-0.39, 0.29) is 18.6 Å². The van der Waals surface area contributed by atoms with Crippen molar-refractivity contribution < 1.29 is 9.90 Å². The second-order valence-electron chi connectivity index (χ2n) is 8.46. The molecule has 0 aliphatic carbocycles. The summed E-state index contributed by atoms with van der Waals surface area (Å²) in [7, 11) is 2.19. The van der Waals surface area contributed by atoms with Crippen LogP contribution in [0.3, 0.4) is 0 Å². The summed E-state index contributed by atoms with van der Waals surface area (Å²) in [5.74, 6) is 0.192. The van der Waals surface area contributed by atoms with E-state index in [0.29, 0.717) is 18.5 Å². The number of amides is 1. The first kappa shape index (κ1) is 20.3. The molecular weight excluding hydrogens is 338 g/mol. The number of likely N-dealkylation sites (tertiary alicyclic amines) is 2. The van der Waals surface area contributed by atoms with Crippen LogP contribution < -0.4 is 0 Å². The average Bonchev–Trinajstić information content (AvgIpc) is 3.03. The van der Waals surface area contributed by atoms with Gasteiger partial charge in [0.15, 0.2) is 0 Å². The summed E-state index contributed by atoms with van der Waals surface area (Å²) in [5, 5.41) is 9.53. The van der Waals surface area contributed by atoms with E-state index in [1.807, 2.05) is 23.1 Å². The third-order valence-electron chi connectivity index (χ3n) is 6.35. The Kier molecular flexibility index (Phi) is 6.90. The van der Waals surface area contributed by atoms with Gasteiger partial charge in [-0.3, -0.25) is 9.69 Å². The number of carbonyl (C=O) groups excluding carboxylic acids is 1. The molecule has 2 fully saturated rings. The molecule has 2 aliphatic heterocycles. The van der Waals surface area contributed by atoms with Gasteiger partial charge in [-0.2, -0.15) is 0 Å². The molecule has 27 heavy (non-hydrogen) atoms. The highest BCUT2D eigenvalue weighted by Crippen LogP contribution is 2.43. The van der Waals surface area contributed by atoms with Crippen molar-refractivity contribution in [2.75, 3.05) is 46.4 Å². The fourth-order valence-corrected chi connectivity index (χ4v) is 4.77. The Bertz CT molecular complexity index is 599. The van der Waals surface area contributed by atoms with Crippen LogP contribution in [0, 0.1) is 5.41 Å². The van der Waals surface area contributed by atoms with Crippen molar-refractivity contribution in [3.63, 3.8) is 0 Å². The fraction of sp³-hybridized carbons (Fsp3) is 0.682. The van der Waals surface area contributed by atoms with Gasteiger partial charge in [0, 0.05) is 19.6 Å². The van der Waals surface area contributed by atoms with Gasteiger partial charge in [0.2, 0.25) is 5.91 Å². The third-order valence-corrected chi connectivity index (χ3v) is 6.35. The maximum Gasteiger partial charge on any atom is 0.240 e. The van der Waals surface area contributed by atoms with E-state index in [2.05, 4.69) is 35.9 Å². The molecule has 1 aromatic carbocycles. The molecule has 0 bridgehead atoms. The Labute approximate surface area is 163 Å².